The largest absolute Gasteiger partial charge is 0.398 e. The van der Waals surface area contributed by atoms with Gasteiger partial charge in [-0.2, -0.15) is 9.78 Å². The molecular weight excluding hydrogens is 394 g/mol. The SMILES string of the molecule is Nc1ccccc1C(=O)n1nc(-c2ccccn2)cc1NCc1ccc(Cl)s1. The molecule has 8 heteroatoms. The Balaban J connectivity index is 1.71. The van der Waals surface area contributed by atoms with Crippen molar-refractivity contribution < 1.29 is 4.79 Å². The van der Waals surface area contributed by atoms with Crippen molar-refractivity contribution >= 4 is 40.4 Å². The number of carbonyl (C=O) groups is 1. The van der Waals surface area contributed by atoms with E-state index in [4.69, 9.17) is 17.3 Å². The molecule has 6 nitrogen and oxygen atoms in total. The van der Waals surface area contributed by atoms with Crippen molar-refractivity contribution in [1.82, 2.24) is 14.8 Å². The molecule has 0 saturated heterocycles. The van der Waals surface area contributed by atoms with E-state index in [1.165, 1.54) is 16.0 Å². The zero-order valence-electron chi connectivity index (χ0n) is 14.7. The van der Waals surface area contributed by atoms with Crippen LogP contribution in [-0.4, -0.2) is 20.7 Å². The second-order valence-electron chi connectivity index (χ2n) is 5.99. The van der Waals surface area contributed by atoms with Crippen molar-refractivity contribution in [3.8, 4) is 11.4 Å². The maximum absolute atomic E-state index is 13.1. The summed E-state index contributed by atoms with van der Waals surface area (Å²) < 4.78 is 2.04. The summed E-state index contributed by atoms with van der Waals surface area (Å²) in [6, 6.07) is 18.1. The first-order valence-corrected chi connectivity index (χ1v) is 9.70. The number of halogens is 1. The van der Waals surface area contributed by atoms with Crippen molar-refractivity contribution in [3.63, 3.8) is 0 Å². The molecule has 0 unspecified atom stereocenters. The summed E-state index contributed by atoms with van der Waals surface area (Å²) >= 11 is 7.48. The number of hydrogen-bond donors (Lipinski definition) is 2. The Bertz CT molecular complexity index is 1120. The fourth-order valence-corrected chi connectivity index (χ4v) is 3.76. The zero-order chi connectivity index (χ0) is 19.5. The maximum atomic E-state index is 13.1. The minimum Gasteiger partial charge on any atom is -0.398 e. The molecule has 140 valence electrons. The van der Waals surface area contributed by atoms with Crippen LogP contribution in [0.1, 0.15) is 15.2 Å². The van der Waals surface area contributed by atoms with E-state index in [1.807, 2.05) is 30.3 Å². The predicted molar refractivity (Wildman–Crippen MR) is 113 cm³/mol. The highest BCUT2D eigenvalue weighted by molar-refractivity contribution is 7.16. The Kier molecular flexibility index (Phi) is 5.10. The van der Waals surface area contributed by atoms with E-state index in [0.717, 1.165) is 4.88 Å². The quantitative estimate of drug-likeness (QED) is 0.472. The molecule has 1 aromatic carbocycles. The number of nitrogens with zero attached hydrogens (tertiary/aromatic N) is 3. The Morgan fingerprint density at radius 3 is 2.64 bits per heavy atom. The average molecular weight is 410 g/mol. The fourth-order valence-electron chi connectivity index (χ4n) is 2.73. The van der Waals surface area contributed by atoms with Crippen LogP contribution in [0.15, 0.2) is 66.9 Å². The summed E-state index contributed by atoms with van der Waals surface area (Å²) in [5.74, 6) is 0.241. The molecule has 0 aliphatic carbocycles. The second kappa shape index (κ2) is 7.84. The number of hydrogen-bond acceptors (Lipinski definition) is 6. The molecule has 0 fully saturated rings. The van der Waals surface area contributed by atoms with Crippen LogP contribution >= 0.6 is 22.9 Å². The molecule has 3 heterocycles. The number of thiophene rings is 1. The van der Waals surface area contributed by atoms with Crippen LogP contribution in [0.3, 0.4) is 0 Å². The first-order valence-electron chi connectivity index (χ1n) is 8.50. The van der Waals surface area contributed by atoms with Crippen LogP contribution in [-0.2, 0) is 6.54 Å². The van der Waals surface area contributed by atoms with E-state index in [2.05, 4.69) is 15.4 Å². The third kappa shape index (κ3) is 3.76. The topological polar surface area (TPSA) is 85.8 Å². The molecule has 3 N–H and O–H groups in total. The maximum Gasteiger partial charge on any atom is 0.282 e. The Labute approximate surface area is 170 Å². The lowest BCUT2D eigenvalue weighted by Crippen LogP contribution is -2.18. The number of anilines is 2. The zero-order valence-corrected chi connectivity index (χ0v) is 16.2. The van der Waals surface area contributed by atoms with Crippen molar-refractivity contribution in [2.75, 3.05) is 11.1 Å². The lowest BCUT2D eigenvalue weighted by Gasteiger charge is -2.09. The molecule has 0 aliphatic rings. The van der Waals surface area contributed by atoms with Crippen LogP contribution in [0, 0.1) is 0 Å². The van der Waals surface area contributed by atoms with Gasteiger partial charge in [0.2, 0.25) is 0 Å². The standard InChI is InChI=1S/C20H16ClN5OS/c21-18-9-8-13(28-18)12-24-19-11-17(16-7-3-4-10-23-16)25-26(19)20(27)14-5-1-2-6-15(14)22/h1-11,24H,12,22H2. The van der Waals surface area contributed by atoms with Gasteiger partial charge >= 0.3 is 0 Å². The summed E-state index contributed by atoms with van der Waals surface area (Å²) in [7, 11) is 0. The number of benzene rings is 1. The van der Waals surface area contributed by atoms with Gasteiger partial charge < -0.3 is 11.1 Å². The molecule has 0 spiro atoms. The van der Waals surface area contributed by atoms with Gasteiger partial charge in [0.15, 0.2) is 0 Å². The van der Waals surface area contributed by atoms with Crippen molar-refractivity contribution in [2.45, 2.75) is 6.54 Å². The van der Waals surface area contributed by atoms with Crippen LogP contribution in [0.25, 0.3) is 11.4 Å². The molecule has 0 bridgehead atoms. The van der Waals surface area contributed by atoms with Gasteiger partial charge in [0, 0.05) is 22.8 Å². The molecule has 4 aromatic rings. The number of nitrogens with one attached hydrogen (secondary N) is 1. The summed E-state index contributed by atoms with van der Waals surface area (Å²) in [4.78, 5) is 18.5. The monoisotopic (exact) mass is 409 g/mol. The fraction of sp³-hybridized carbons (Fsp3) is 0.0500. The highest BCUT2D eigenvalue weighted by atomic mass is 35.5. The summed E-state index contributed by atoms with van der Waals surface area (Å²) in [6.07, 6.45) is 1.69. The van der Waals surface area contributed by atoms with Crippen LogP contribution in [0.2, 0.25) is 4.34 Å². The number of carbonyl (C=O) groups excluding carboxylic acids is 1. The molecule has 28 heavy (non-hydrogen) atoms. The minimum atomic E-state index is -0.313. The van der Waals surface area contributed by atoms with Crippen LogP contribution in [0.5, 0.6) is 0 Å². The average Bonchev–Trinajstić information content (AvgIpc) is 3.33. The number of para-hydroxylation sites is 1. The van der Waals surface area contributed by atoms with Crippen LogP contribution < -0.4 is 11.1 Å². The lowest BCUT2D eigenvalue weighted by molar-refractivity contribution is 0.0949. The minimum absolute atomic E-state index is 0.313. The molecule has 4 rings (SSSR count). The predicted octanol–water partition coefficient (Wildman–Crippen LogP) is 4.54. The smallest absolute Gasteiger partial charge is 0.282 e. The van der Waals surface area contributed by atoms with Crippen molar-refractivity contribution in [1.29, 1.82) is 0 Å². The van der Waals surface area contributed by atoms with E-state index >= 15 is 0 Å². The van der Waals surface area contributed by atoms with Gasteiger partial charge in [0.1, 0.15) is 11.5 Å². The number of pyridine rings is 1. The Morgan fingerprint density at radius 1 is 1.11 bits per heavy atom. The molecule has 3 aromatic heterocycles. The van der Waals surface area contributed by atoms with E-state index < -0.39 is 0 Å². The van der Waals surface area contributed by atoms with Gasteiger partial charge in [-0.05, 0) is 36.4 Å². The number of nitrogen functional groups attached to an aromatic ring is 1. The Hall–Kier alpha value is -3.16. The lowest BCUT2D eigenvalue weighted by atomic mass is 10.2. The van der Waals surface area contributed by atoms with Gasteiger partial charge in [-0.25, -0.2) is 0 Å². The third-order valence-corrected chi connectivity index (χ3v) is 5.32. The molecular formula is C20H16ClN5OS. The second-order valence-corrected chi connectivity index (χ2v) is 7.79. The van der Waals surface area contributed by atoms with E-state index in [0.29, 0.717) is 39.3 Å². The van der Waals surface area contributed by atoms with Gasteiger partial charge in [-0.3, -0.25) is 9.78 Å². The molecule has 0 atom stereocenters. The molecule has 0 amide bonds. The van der Waals surface area contributed by atoms with E-state index in [-0.39, 0.29) is 5.91 Å². The van der Waals surface area contributed by atoms with E-state index in [1.54, 1.807) is 36.5 Å². The summed E-state index contributed by atoms with van der Waals surface area (Å²) in [6.45, 7) is 0.516. The van der Waals surface area contributed by atoms with E-state index in [9.17, 15) is 4.79 Å². The molecule has 0 radical (unpaired) electrons. The van der Waals surface area contributed by atoms with Gasteiger partial charge in [-0.15, -0.1) is 11.3 Å². The van der Waals surface area contributed by atoms with Gasteiger partial charge in [0.05, 0.1) is 22.1 Å². The number of aromatic nitrogens is 3. The molecule has 0 saturated carbocycles. The highest BCUT2D eigenvalue weighted by Crippen LogP contribution is 2.25. The third-order valence-electron chi connectivity index (χ3n) is 4.09. The Morgan fingerprint density at radius 2 is 1.93 bits per heavy atom. The first-order chi connectivity index (χ1) is 13.6. The molecule has 0 aliphatic heterocycles. The summed E-state index contributed by atoms with van der Waals surface area (Å²) in [5.41, 5.74) is 8.05. The van der Waals surface area contributed by atoms with Gasteiger partial charge in [-0.1, -0.05) is 29.8 Å². The normalized spacial score (nSPS) is 10.8. The van der Waals surface area contributed by atoms with Crippen LogP contribution in [0.4, 0.5) is 11.5 Å². The highest BCUT2D eigenvalue weighted by Gasteiger charge is 2.19. The van der Waals surface area contributed by atoms with Gasteiger partial charge in [0.25, 0.3) is 5.91 Å². The number of rotatable bonds is 5. The number of nitrogens with two attached hydrogens (primary N) is 1. The summed E-state index contributed by atoms with van der Waals surface area (Å²) in [5, 5.41) is 7.75. The van der Waals surface area contributed by atoms with Crippen molar-refractivity contribution in [2.24, 2.45) is 0 Å². The van der Waals surface area contributed by atoms with Crippen molar-refractivity contribution in [3.05, 3.63) is 81.6 Å². The first kappa shape index (κ1) is 18.2.